The third-order valence-electron chi connectivity index (χ3n) is 12.5. The zero-order valence-corrected chi connectivity index (χ0v) is 91.4. The quantitative estimate of drug-likeness (QED) is 0.0182. The van der Waals surface area contributed by atoms with Gasteiger partial charge in [0.15, 0.2) is 0 Å². The van der Waals surface area contributed by atoms with E-state index >= 15 is 0 Å². The van der Waals surface area contributed by atoms with Crippen LogP contribution in [0.4, 0.5) is 0 Å². The Bertz CT molecular complexity index is 3790. The Hall–Kier alpha value is 9.32. The summed E-state index contributed by atoms with van der Waals surface area (Å²) in [6.45, 7) is -1.93. The molecule has 0 saturated heterocycles. The van der Waals surface area contributed by atoms with E-state index in [0.717, 1.165) is 0 Å². The maximum atomic E-state index is 12.2. The summed E-state index contributed by atoms with van der Waals surface area (Å²) in [4.78, 5) is 0.961. The molecule has 0 N–H and O–H groups in total. The largest absolute Gasteiger partial charge is 1.00 e. The van der Waals surface area contributed by atoms with Crippen LogP contribution in [0, 0.1) is 0 Å². The van der Waals surface area contributed by atoms with Gasteiger partial charge in [-0.2, -0.15) is 0 Å². The van der Waals surface area contributed by atoms with Gasteiger partial charge in [0.25, 0.3) is 0 Å². The maximum absolute atomic E-state index is 12.2. The first-order valence-electron chi connectivity index (χ1n) is 24.5. The van der Waals surface area contributed by atoms with Crippen molar-refractivity contribution in [1.29, 1.82) is 0 Å². The molecule has 0 spiro atoms. The number of hydrogen-bond acceptors (Lipinski definition) is 50. The Morgan fingerprint density at radius 2 is 0.308 bits per heavy atom. The molecule has 4 aliphatic rings. The van der Waals surface area contributed by atoms with Crippen LogP contribution in [0.2, 0.25) is 0 Å². The predicted molar refractivity (Wildman–Crippen MR) is 272 cm³/mol. The zero-order valence-electron chi connectivity index (χ0n) is 57.6. The normalized spacial score (nSPS) is 26.4. The third kappa shape index (κ3) is 54.2. The van der Waals surface area contributed by atoms with Gasteiger partial charge in [0.2, 0.25) is 125 Å². The van der Waals surface area contributed by atoms with Crippen LogP contribution in [0.15, 0.2) is 48.6 Å². The molecular formula is C33H42N2Na12O48S12. The molecule has 0 saturated carbocycles. The van der Waals surface area contributed by atoms with E-state index in [1.165, 1.54) is 0 Å². The number of hydrogen-bond donors (Lipinski definition) is 0. The van der Waals surface area contributed by atoms with Crippen molar-refractivity contribution in [3.8, 4) is 0 Å². The van der Waals surface area contributed by atoms with Crippen LogP contribution in [-0.2, 0) is 175 Å². The second-order valence-corrected chi connectivity index (χ2v) is 31.2. The smallest absolute Gasteiger partial charge is 0.726 e. The Morgan fingerprint density at radius 1 is 0.187 bits per heavy atom. The predicted octanol–water partition coefficient (Wildman–Crippen LogP) is -45.7. The number of rotatable bonds is 38. The molecule has 0 aromatic rings. The third-order valence-corrected chi connectivity index (χ3v) is 18.0. The molecule has 0 aliphatic heterocycles. The summed E-state index contributed by atoms with van der Waals surface area (Å²) in [7, 11) is -75.2. The van der Waals surface area contributed by atoms with Crippen molar-refractivity contribution >= 4 is 125 Å². The van der Waals surface area contributed by atoms with Crippen molar-refractivity contribution in [1.82, 2.24) is 9.80 Å². The van der Waals surface area contributed by atoms with E-state index in [1.54, 1.807) is 0 Å². The summed E-state index contributed by atoms with van der Waals surface area (Å²) in [5, 5.41) is 0. The molecular weight excluding hydrogens is 1850 g/mol. The standard InChI is InChI=1S/C33H54N2O48S12.12Na/c36-84(37,38)72-22-12-8-18(26(76-88(48,49)50)30(22)80-92(60,61)62)34(19-9-13-23(73-85(39,40)41)31(81-93(63,64)65)27(19)77-89(51,52)53)16-6-4-2-1-3-5-7-17-35(20-10-14-24(74-86(42,43)44)32(82-94(66,67)68)28(20)78-90(54,55)56)21-11-15-25(75-87(45,46)47)33(83-95(69,70)71)29(21)79-91(57,58)59;;;;;;;;;;;;/h8-15,18-33H,1-7,16-17H2,(H,36,37,38)(H,39,40,41)(H,42,43,44)(H,45,46,47)(H,48,49,50)(H,51,52,53)(H,54,55,56)(H,57,58,59)(H,60,61,62)(H,63,64,65)(H,66,67,68)(H,69,70,71);;;;;;;;;;;;/q;12*+1/p-12/t18-,19-,20-,21-,22+,23+,24+,25+,26+,27+,28+,29+,30+,31+,32+,33+;;;;;;;;;;;;/m0............/s1. The fourth-order valence-corrected chi connectivity index (χ4v) is 15.6. The summed E-state index contributed by atoms with van der Waals surface area (Å²) >= 11 is 0. The Labute approximate surface area is 882 Å². The molecule has 556 valence electrons. The van der Waals surface area contributed by atoms with Crippen molar-refractivity contribution in [3.05, 3.63) is 48.6 Å². The first kappa shape index (κ1) is 134. The minimum atomic E-state index is -6.37. The number of unbranched alkanes of at least 4 members (excludes halogenated alkanes) is 6. The molecule has 4 aliphatic carbocycles. The molecule has 0 bridgehead atoms. The first-order chi connectivity index (χ1) is 42.6. The minimum Gasteiger partial charge on any atom is -0.726 e. The van der Waals surface area contributed by atoms with Gasteiger partial charge in [-0.3, -0.25) is 60.0 Å². The molecule has 16 atom stereocenters. The van der Waals surface area contributed by atoms with Crippen LogP contribution in [0.3, 0.4) is 0 Å². The molecule has 4 rings (SSSR count). The molecule has 50 nitrogen and oxygen atoms in total. The molecule has 0 aromatic carbocycles. The van der Waals surface area contributed by atoms with Crippen LogP contribution in [0.5, 0.6) is 0 Å². The zero-order chi connectivity index (χ0) is 72.9. The van der Waals surface area contributed by atoms with E-state index in [0.29, 0.717) is 58.4 Å². The summed E-state index contributed by atoms with van der Waals surface area (Å²) in [6, 6.07) is -9.86. The van der Waals surface area contributed by atoms with Crippen molar-refractivity contribution in [2.75, 3.05) is 13.1 Å². The Balaban J connectivity index is -0.00000114. The fraction of sp³-hybridized carbons (Fsp3) is 0.758. The molecule has 0 amide bonds. The molecule has 107 heavy (non-hydrogen) atoms. The topological polar surface area (TPSA) is 804 Å². The molecule has 74 heteroatoms. The Morgan fingerprint density at radius 3 is 0.439 bits per heavy atom. The van der Waals surface area contributed by atoms with Crippen LogP contribution in [0.25, 0.3) is 0 Å². The monoisotopic (exact) mass is 1890 g/mol. The van der Waals surface area contributed by atoms with Crippen LogP contribution in [0.1, 0.15) is 44.9 Å². The van der Waals surface area contributed by atoms with Gasteiger partial charge in [-0.1, -0.05) is 80.7 Å². The average molecular weight is 1900 g/mol. The summed E-state index contributed by atoms with van der Waals surface area (Å²) in [6.07, 6.45) is -35.2. The van der Waals surface area contributed by atoms with E-state index in [-0.39, 0.29) is 387 Å². The minimum absolute atomic E-state index is 0. The Kier molecular flexibility index (Phi) is 70.1. The summed E-state index contributed by atoms with van der Waals surface area (Å²) < 4.78 is 481. The van der Waals surface area contributed by atoms with E-state index < -0.39 is 248 Å². The molecule has 0 aromatic heterocycles. The van der Waals surface area contributed by atoms with Gasteiger partial charge in [-0.15, -0.1) is 0 Å². The second kappa shape index (κ2) is 55.8. The van der Waals surface area contributed by atoms with Gasteiger partial charge >= 0.3 is 355 Å². The van der Waals surface area contributed by atoms with Crippen LogP contribution in [-0.4, -0.2) is 276 Å². The molecule has 0 heterocycles. The number of nitrogens with zero attached hydrogens (tertiary/aromatic N) is 2. The van der Waals surface area contributed by atoms with Gasteiger partial charge in [-0.25, -0.2) is 101 Å². The van der Waals surface area contributed by atoms with Gasteiger partial charge in [0.1, 0.15) is 73.2 Å². The SMILES string of the molecule is O=S(=O)([O-])O[C@H]1[C@H](OS(=O)(=O)[O-])[C@@H](N(CCCCCCCCCN([C@H]2C=C[C@@H](OS(=O)(=O)[O-])[C@@H](OS(=O)(=O)[O-])[C@@H]2OS(=O)(=O)[O-])[C@H]2C=C[C@@H](OS(=O)(=O)[O-])[C@@H](OS(=O)(=O)[O-])[C@@H]2OS(=O)(=O)[O-])[C@H]2C=C[C@@H](OS(=O)(=O)[O-])[C@@H](OS(=O)(=O)[O-])[C@@H]2OS(=O)(=O)[O-])C=C[C@H]1OS(=O)(=O)[O-].[Na+].[Na+].[Na+].[Na+].[Na+].[Na+].[Na+].[Na+].[Na+].[Na+].[Na+].[Na+]. The van der Waals surface area contributed by atoms with E-state index in [4.69, 9.17) is 0 Å². The van der Waals surface area contributed by atoms with Crippen molar-refractivity contribution in [2.24, 2.45) is 0 Å². The van der Waals surface area contributed by atoms with E-state index in [9.17, 15) is 156 Å². The van der Waals surface area contributed by atoms with Crippen molar-refractivity contribution in [2.45, 2.75) is 142 Å². The van der Waals surface area contributed by atoms with Crippen LogP contribution < -0.4 is 355 Å². The van der Waals surface area contributed by atoms with E-state index in [1.807, 2.05) is 0 Å². The maximum Gasteiger partial charge on any atom is 1.00 e. The fourth-order valence-electron chi connectivity index (χ4n) is 9.82. The summed E-state index contributed by atoms with van der Waals surface area (Å²) in [5.74, 6) is 0. The molecule has 0 radical (unpaired) electrons. The molecule has 0 fully saturated rings. The summed E-state index contributed by atoms with van der Waals surface area (Å²) in [5.41, 5.74) is 0. The van der Waals surface area contributed by atoms with E-state index in [2.05, 4.69) is 50.2 Å². The second-order valence-electron chi connectivity index (χ2n) is 19.1. The van der Waals surface area contributed by atoms with Gasteiger partial charge < -0.3 is 54.6 Å². The van der Waals surface area contributed by atoms with Crippen LogP contribution >= 0.6 is 0 Å². The van der Waals surface area contributed by atoms with Gasteiger partial charge in [0.05, 0.1) is 24.2 Å². The molecule has 0 unspecified atom stereocenters. The van der Waals surface area contributed by atoms with Crippen molar-refractivity contribution < 1.29 is 561 Å². The van der Waals surface area contributed by atoms with Gasteiger partial charge in [0, 0.05) is 0 Å². The first-order valence-corrected chi connectivity index (χ1v) is 40.5. The average Bonchev–Trinajstić information content (AvgIpc) is 0.764. The van der Waals surface area contributed by atoms with Gasteiger partial charge in [-0.05, 0) is 25.9 Å². The van der Waals surface area contributed by atoms with Crippen molar-refractivity contribution in [3.63, 3.8) is 0 Å².